The van der Waals surface area contributed by atoms with Crippen molar-refractivity contribution in [3.05, 3.63) is 23.8 Å². The molecule has 0 saturated heterocycles. The van der Waals surface area contributed by atoms with Crippen LogP contribution in [0.1, 0.15) is 19.4 Å². The monoisotopic (exact) mass is 272 g/mol. The first-order chi connectivity index (χ1) is 8.39. The number of ether oxygens (including phenoxy) is 1. The predicted molar refractivity (Wildman–Crippen MR) is 73.1 cm³/mol. The van der Waals surface area contributed by atoms with Crippen molar-refractivity contribution in [1.29, 1.82) is 0 Å². The summed E-state index contributed by atoms with van der Waals surface area (Å²) >= 11 is 0. The Kier molecular flexibility index (Phi) is 4.98. The average molecular weight is 272 g/mol. The van der Waals surface area contributed by atoms with Crippen LogP contribution in [0.4, 0.5) is 5.69 Å². The largest absolute Gasteiger partial charge is 0.495 e. The topological polar surface area (TPSA) is 81.4 Å². The van der Waals surface area contributed by atoms with Gasteiger partial charge in [0.25, 0.3) is 0 Å². The Bertz CT molecular complexity index is 476. The Hall–Kier alpha value is -1.27. The van der Waals surface area contributed by atoms with Gasteiger partial charge in [0.2, 0.25) is 10.0 Å². The Morgan fingerprint density at radius 3 is 2.56 bits per heavy atom. The number of nitrogens with one attached hydrogen (secondary N) is 1. The summed E-state index contributed by atoms with van der Waals surface area (Å²) in [5, 5.41) is 0. The lowest BCUT2D eigenvalue weighted by atomic mass is 10.1. The van der Waals surface area contributed by atoms with Crippen molar-refractivity contribution in [2.24, 2.45) is 11.7 Å². The molecular formula is C12H20N2O3S. The molecule has 0 aliphatic heterocycles. The molecule has 3 N–H and O–H groups in total. The van der Waals surface area contributed by atoms with Crippen LogP contribution in [0, 0.1) is 5.92 Å². The van der Waals surface area contributed by atoms with Crippen LogP contribution >= 0.6 is 0 Å². The maximum Gasteiger partial charge on any atom is 0.233 e. The number of hydrogen-bond acceptors (Lipinski definition) is 4. The van der Waals surface area contributed by atoms with Gasteiger partial charge in [-0.3, -0.25) is 4.72 Å². The van der Waals surface area contributed by atoms with Crippen molar-refractivity contribution in [1.82, 2.24) is 0 Å². The molecule has 0 atom stereocenters. The van der Waals surface area contributed by atoms with E-state index in [0.29, 0.717) is 17.0 Å². The molecule has 0 amide bonds. The molecule has 0 aliphatic rings. The smallest absolute Gasteiger partial charge is 0.233 e. The fraction of sp³-hybridized carbons (Fsp3) is 0.500. The minimum Gasteiger partial charge on any atom is -0.495 e. The molecular weight excluding hydrogens is 252 g/mol. The second kappa shape index (κ2) is 6.06. The number of anilines is 1. The van der Waals surface area contributed by atoms with Crippen molar-refractivity contribution in [2.45, 2.75) is 20.4 Å². The van der Waals surface area contributed by atoms with E-state index in [2.05, 4.69) is 4.72 Å². The van der Waals surface area contributed by atoms with Crippen molar-refractivity contribution >= 4 is 15.7 Å². The first-order valence-corrected chi connectivity index (χ1v) is 7.41. The molecule has 1 aromatic rings. The highest BCUT2D eigenvalue weighted by Crippen LogP contribution is 2.29. The van der Waals surface area contributed by atoms with E-state index in [1.807, 2.05) is 13.8 Å². The number of nitrogens with two attached hydrogens (primary N) is 1. The van der Waals surface area contributed by atoms with E-state index in [9.17, 15) is 8.42 Å². The molecule has 0 radical (unpaired) electrons. The summed E-state index contributed by atoms with van der Waals surface area (Å²) in [6.45, 7) is 3.95. The van der Waals surface area contributed by atoms with Crippen LogP contribution in [-0.4, -0.2) is 21.3 Å². The predicted octanol–water partition coefficient (Wildman–Crippen LogP) is 1.55. The van der Waals surface area contributed by atoms with Gasteiger partial charge in [-0.05, 0) is 17.5 Å². The quantitative estimate of drug-likeness (QED) is 0.823. The standard InChI is InChI=1S/C12H20N2O3S/c1-9(2)8-18(15,16)14-12-10(7-13)5-4-6-11(12)17-3/h4-6,9,14H,7-8,13H2,1-3H3. The number of methoxy groups -OCH3 is 1. The maximum atomic E-state index is 11.9. The zero-order chi connectivity index (χ0) is 13.8. The lowest BCUT2D eigenvalue weighted by molar-refractivity contribution is 0.416. The summed E-state index contributed by atoms with van der Waals surface area (Å²) in [4.78, 5) is 0. The lowest BCUT2D eigenvalue weighted by Crippen LogP contribution is -2.21. The molecule has 0 heterocycles. The van der Waals surface area contributed by atoms with E-state index in [0.717, 1.165) is 0 Å². The third-order valence-electron chi connectivity index (χ3n) is 2.36. The normalized spacial score (nSPS) is 11.6. The van der Waals surface area contributed by atoms with Gasteiger partial charge in [0, 0.05) is 6.54 Å². The maximum absolute atomic E-state index is 11.9. The van der Waals surface area contributed by atoms with Gasteiger partial charge in [0.1, 0.15) is 5.75 Å². The van der Waals surface area contributed by atoms with Crippen LogP contribution in [-0.2, 0) is 16.6 Å². The van der Waals surface area contributed by atoms with Crippen LogP contribution in [0.2, 0.25) is 0 Å². The molecule has 18 heavy (non-hydrogen) atoms. The molecule has 0 bridgehead atoms. The van der Waals surface area contributed by atoms with Gasteiger partial charge < -0.3 is 10.5 Å². The van der Waals surface area contributed by atoms with Crippen molar-refractivity contribution in [3.8, 4) is 5.75 Å². The number of benzene rings is 1. The van der Waals surface area contributed by atoms with E-state index in [1.165, 1.54) is 7.11 Å². The molecule has 6 heteroatoms. The Labute approximate surface area is 108 Å². The van der Waals surface area contributed by atoms with Crippen molar-refractivity contribution < 1.29 is 13.2 Å². The van der Waals surface area contributed by atoms with Crippen molar-refractivity contribution in [3.63, 3.8) is 0 Å². The Morgan fingerprint density at radius 2 is 2.06 bits per heavy atom. The third kappa shape index (κ3) is 3.89. The van der Waals surface area contributed by atoms with Gasteiger partial charge in [-0.2, -0.15) is 0 Å². The van der Waals surface area contributed by atoms with E-state index in [1.54, 1.807) is 18.2 Å². The highest BCUT2D eigenvalue weighted by Gasteiger charge is 2.17. The lowest BCUT2D eigenvalue weighted by Gasteiger charge is -2.16. The van der Waals surface area contributed by atoms with Gasteiger partial charge in [0.15, 0.2) is 0 Å². The zero-order valence-electron chi connectivity index (χ0n) is 10.9. The fourth-order valence-electron chi connectivity index (χ4n) is 1.67. The van der Waals surface area contributed by atoms with Gasteiger partial charge in [-0.1, -0.05) is 26.0 Å². The van der Waals surface area contributed by atoms with Crippen LogP contribution < -0.4 is 15.2 Å². The first-order valence-electron chi connectivity index (χ1n) is 5.76. The van der Waals surface area contributed by atoms with E-state index in [-0.39, 0.29) is 18.2 Å². The van der Waals surface area contributed by atoms with Crippen LogP contribution in [0.15, 0.2) is 18.2 Å². The van der Waals surface area contributed by atoms with Crippen molar-refractivity contribution in [2.75, 3.05) is 17.6 Å². The summed E-state index contributed by atoms with van der Waals surface area (Å²) in [6.07, 6.45) is 0. The Balaban J connectivity index is 3.09. The van der Waals surface area contributed by atoms with Crippen LogP contribution in [0.5, 0.6) is 5.75 Å². The van der Waals surface area contributed by atoms with Crippen LogP contribution in [0.3, 0.4) is 0 Å². The Morgan fingerprint density at radius 1 is 1.39 bits per heavy atom. The summed E-state index contributed by atoms with van der Waals surface area (Å²) in [6, 6.07) is 5.25. The highest BCUT2D eigenvalue weighted by molar-refractivity contribution is 7.92. The second-order valence-corrected chi connectivity index (χ2v) is 6.24. The summed E-state index contributed by atoms with van der Waals surface area (Å²) in [5.74, 6) is 0.596. The molecule has 0 saturated carbocycles. The third-order valence-corrected chi connectivity index (χ3v) is 3.98. The molecule has 1 rings (SSSR count). The SMILES string of the molecule is COc1cccc(CN)c1NS(=O)(=O)CC(C)C. The minimum absolute atomic E-state index is 0.0542. The number of hydrogen-bond donors (Lipinski definition) is 2. The number of sulfonamides is 1. The molecule has 102 valence electrons. The first kappa shape index (κ1) is 14.8. The van der Waals surface area contributed by atoms with Gasteiger partial charge in [0.05, 0.1) is 18.6 Å². The molecule has 0 spiro atoms. The number of rotatable bonds is 6. The second-order valence-electron chi connectivity index (χ2n) is 4.48. The highest BCUT2D eigenvalue weighted by atomic mass is 32.2. The van der Waals surface area contributed by atoms with Gasteiger partial charge in [-0.25, -0.2) is 8.42 Å². The molecule has 5 nitrogen and oxygen atoms in total. The van der Waals surface area contributed by atoms with E-state index < -0.39 is 10.0 Å². The molecule has 1 aromatic carbocycles. The molecule has 0 aliphatic carbocycles. The van der Waals surface area contributed by atoms with Crippen LogP contribution in [0.25, 0.3) is 0 Å². The zero-order valence-corrected chi connectivity index (χ0v) is 11.8. The average Bonchev–Trinajstić information content (AvgIpc) is 2.27. The van der Waals surface area contributed by atoms with E-state index >= 15 is 0 Å². The summed E-state index contributed by atoms with van der Waals surface area (Å²) in [7, 11) is -1.89. The fourth-order valence-corrected chi connectivity index (χ4v) is 3.17. The summed E-state index contributed by atoms with van der Waals surface area (Å²) < 4.78 is 31.6. The molecule has 0 unspecified atom stereocenters. The van der Waals surface area contributed by atoms with Gasteiger partial charge in [-0.15, -0.1) is 0 Å². The van der Waals surface area contributed by atoms with E-state index in [4.69, 9.17) is 10.5 Å². The van der Waals surface area contributed by atoms with Gasteiger partial charge >= 0.3 is 0 Å². The number of para-hydroxylation sites is 1. The summed E-state index contributed by atoms with van der Waals surface area (Å²) in [5.41, 5.74) is 6.75. The molecule has 0 fully saturated rings. The molecule has 0 aromatic heterocycles. The minimum atomic E-state index is -3.38.